The molecule has 0 radical (unpaired) electrons. The van der Waals surface area contributed by atoms with Gasteiger partial charge in [0.15, 0.2) is 5.92 Å². The van der Waals surface area contributed by atoms with Crippen LogP contribution in [0.3, 0.4) is 0 Å². The maximum atomic E-state index is 12.7. The summed E-state index contributed by atoms with van der Waals surface area (Å²) in [7, 11) is 0. The number of carbonyl (C=O) groups is 3. The summed E-state index contributed by atoms with van der Waals surface area (Å²) in [5.41, 5.74) is 1.22. The standard InChI is InChI=1S/C22H27NO6/c1-14(2)19(24)27-10-11-28-20(25)17(21(26)29-22(3,4)5)12-15-13-23-18-9-7-6-8-16(15)18/h6-9,13,17,23H,1,10-12H2,2-5H3. The van der Waals surface area contributed by atoms with Gasteiger partial charge in [0.25, 0.3) is 0 Å². The SMILES string of the molecule is C=C(C)C(=O)OCCOC(=O)C(Cc1c[nH]c2ccccc12)C(=O)OC(C)(C)C. The first-order valence-corrected chi connectivity index (χ1v) is 9.35. The van der Waals surface area contributed by atoms with E-state index in [0.29, 0.717) is 0 Å². The highest BCUT2D eigenvalue weighted by atomic mass is 16.6. The summed E-state index contributed by atoms with van der Waals surface area (Å²) in [5.74, 6) is -3.09. The minimum atomic E-state index is -1.13. The molecule has 7 nitrogen and oxygen atoms in total. The molecule has 0 aliphatic rings. The van der Waals surface area contributed by atoms with E-state index >= 15 is 0 Å². The Bertz CT molecular complexity index is 905. The monoisotopic (exact) mass is 401 g/mol. The molecule has 156 valence electrons. The van der Waals surface area contributed by atoms with Crippen LogP contribution in [0, 0.1) is 5.92 Å². The number of esters is 3. The Morgan fingerprint density at radius 2 is 1.72 bits per heavy atom. The van der Waals surface area contributed by atoms with Crippen LogP contribution in [0.1, 0.15) is 33.3 Å². The van der Waals surface area contributed by atoms with E-state index in [9.17, 15) is 14.4 Å². The summed E-state index contributed by atoms with van der Waals surface area (Å²) in [6.45, 7) is 9.91. The zero-order valence-corrected chi connectivity index (χ0v) is 17.2. The molecule has 1 N–H and O–H groups in total. The molecule has 1 unspecified atom stereocenters. The first kappa shape index (κ1) is 22.2. The van der Waals surface area contributed by atoms with E-state index in [4.69, 9.17) is 14.2 Å². The van der Waals surface area contributed by atoms with Crippen LogP contribution in [0.4, 0.5) is 0 Å². The summed E-state index contributed by atoms with van der Waals surface area (Å²) in [4.78, 5) is 39.8. The number of nitrogens with one attached hydrogen (secondary N) is 1. The van der Waals surface area contributed by atoms with Crippen molar-refractivity contribution in [2.24, 2.45) is 5.92 Å². The lowest BCUT2D eigenvalue weighted by atomic mass is 9.98. The van der Waals surface area contributed by atoms with Crippen LogP contribution in [0.5, 0.6) is 0 Å². The second kappa shape index (κ2) is 9.41. The summed E-state index contributed by atoms with van der Waals surface area (Å²) < 4.78 is 15.5. The van der Waals surface area contributed by atoms with Crippen molar-refractivity contribution in [3.8, 4) is 0 Å². The van der Waals surface area contributed by atoms with Gasteiger partial charge in [0, 0.05) is 22.7 Å². The Morgan fingerprint density at radius 1 is 1.07 bits per heavy atom. The second-order valence-electron chi connectivity index (χ2n) is 7.73. The molecule has 0 bridgehead atoms. The number of carbonyl (C=O) groups excluding carboxylic acids is 3. The van der Waals surface area contributed by atoms with Crippen LogP contribution < -0.4 is 0 Å². The number of para-hydroxylation sites is 1. The highest BCUT2D eigenvalue weighted by molar-refractivity contribution is 5.96. The third-order valence-corrected chi connectivity index (χ3v) is 3.98. The Morgan fingerprint density at radius 3 is 2.38 bits per heavy atom. The van der Waals surface area contributed by atoms with E-state index in [1.54, 1.807) is 27.0 Å². The van der Waals surface area contributed by atoms with Crippen LogP contribution in [0.15, 0.2) is 42.6 Å². The summed E-state index contributed by atoms with van der Waals surface area (Å²) >= 11 is 0. The molecule has 1 aromatic heterocycles. The van der Waals surface area contributed by atoms with Gasteiger partial charge in [-0.15, -0.1) is 0 Å². The number of fused-ring (bicyclic) bond motifs is 1. The number of rotatable bonds is 8. The molecule has 0 saturated heterocycles. The van der Waals surface area contributed by atoms with Gasteiger partial charge in [-0.05, 0) is 45.7 Å². The Kier molecular flexibility index (Phi) is 7.20. The maximum absolute atomic E-state index is 12.7. The van der Waals surface area contributed by atoms with Crippen molar-refractivity contribution in [2.45, 2.75) is 39.7 Å². The predicted molar refractivity (Wildman–Crippen MR) is 108 cm³/mol. The molecular formula is C22H27NO6. The maximum Gasteiger partial charge on any atom is 0.333 e. The third-order valence-electron chi connectivity index (χ3n) is 3.98. The molecule has 7 heteroatoms. The zero-order valence-electron chi connectivity index (χ0n) is 17.2. The number of hydrogen-bond donors (Lipinski definition) is 1. The largest absolute Gasteiger partial charge is 0.461 e. The molecule has 0 aliphatic carbocycles. The molecule has 0 saturated carbocycles. The Hall–Kier alpha value is -3.09. The predicted octanol–water partition coefficient (Wildman–Crippen LogP) is 3.33. The van der Waals surface area contributed by atoms with Gasteiger partial charge >= 0.3 is 17.9 Å². The van der Waals surface area contributed by atoms with Crippen LogP contribution in [0.25, 0.3) is 10.9 Å². The third kappa shape index (κ3) is 6.48. The van der Waals surface area contributed by atoms with Gasteiger partial charge in [-0.25, -0.2) is 4.79 Å². The molecule has 1 aromatic carbocycles. The van der Waals surface area contributed by atoms with Crippen molar-refractivity contribution >= 4 is 28.8 Å². The van der Waals surface area contributed by atoms with Gasteiger partial charge in [-0.1, -0.05) is 24.8 Å². The van der Waals surface area contributed by atoms with E-state index in [1.807, 2.05) is 24.3 Å². The molecule has 2 rings (SSSR count). The quantitative estimate of drug-likeness (QED) is 0.240. The smallest absolute Gasteiger partial charge is 0.333 e. The number of benzene rings is 1. The molecule has 2 aromatic rings. The lowest BCUT2D eigenvalue weighted by Gasteiger charge is -2.23. The fraction of sp³-hybridized carbons (Fsp3) is 0.409. The van der Waals surface area contributed by atoms with Crippen molar-refractivity contribution in [2.75, 3.05) is 13.2 Å². The molecule has 0 spiro atoms. The molecule has 29 heavy (non-hydrogen) atoms. The number of H-pyrrole nitrogens is 1. The lowest BCUT2D eigenvalue weighted by Crippen LogP contribution is -2.35. The van der Waals surface area contributed by atoms with Gasteiger partial charge in [-0.2, -0.15) is 0 Å². The van der Waals surface area contributed by atoms with Crippen molar-refractivity contribution < 1.29 is 28.6 Å². The fourth-order valence-corrected chi connectivity index (χ4v) is 2.66. The van der Waals surface area contributed by atoms with Gasteiger partial charge in [0.1, 0.15) is 18.8 Å². The molecule has 0 amide bonds. The first-order chi connectivity index (χ1) is 13.6. The van der Waals surface area contributed by atoms with E-state index in [-0.39, 0.29) is 25.2 Å². The van der Waals surface area contributed by atoms with Crippen molar-refractivity contribution in [1.82, 2.24) is 4.98 Å². The summed E-state index contributed by atoms with van der Waals surface area (Å²) in [5, 5.41) is 0.921. The molecule has 1 atom stereocenters. The van der Waals surface area contributed by atoms with Gasteiger partial charge < -0.3 is 19.2 Å². The van der Waals surface area contributed by atoms with E-state index in [0.717, 1.165) is 16.5 Å². The highest BCUT2D eigenvalue weighted by Crippen LogP contribution is 2.23. The molecule has 0 fully saturated rings. The summed E-state index contributed by atoms with van der Waals surface area (Å²) in [6.07, 6.45) is 1.90. The van der Waals surface area contributed by atoms with E-state index < -0.39 is 29.4 Å². The number of hydrogen-bond acceptors (Lipinski definition) is 6. The van der Waals surface area contributed by atoms with Crippen LogP contribution in [-0.4, -0.2) is 41.7 Å². The second-order valence-corrected chi connectivity index (χ2v) is 7.73. The zero-order chi connectivity index (χ0) is 21.6. The highest BCUT2D eigenvalue weighted by Gasteiger charge is 2.33. The molecule has 0 aliphatic heterocycles. The van der Waals surface area contributed by atoms with Gasteiger partial charge in [-0.3, -0.25) is 9.59 Å². The lowest BCUT2D eigenvalue weighted by molar-refractivity contribution is -0.170. The van der Waals surface area contributed by atoms with E-state index in [1.165, 1.54) is 6.92 Å². The summed E-state index contributed by atoms with van der Waals surface area (Å²) in [6, 6.07) is 7.61. The van der Waals surface area contributed by atoms with Crippen molar-refractivity contribution in [3.05, 3.63) is 48.2 Å². The van der Waals surface area contributed by atoms with Gasteiger partial charge in [0.05, 0.1) is 0 Å². The average molecular weight is 401 g/mol. The van der Waals surface area contributed by atoms with Gasteiger partial charge in [0.2, 0.25) is 0 Å². The van der Waals surface area contributed by atoms with Crippen molar-refractivity contribution in [1.29, 1.82) is 0 Å². The van der Waals surface area contributed by atoms with Crippen LogP contribution in [0.2, 0.25) is 0 Å². The number of aromatic amines is 1. The molecule has 1 heterocycles. The normalized spacial score (nSPS) is 12.3. The first-order valence-electron chi connectivity index (χ1n) is 9.35. The average Bonchev–Trinajstić information content (AvgIpc) is 3.04. The van der Waals surface area contributed by atoms with Crippen LogP contribution >= 0.6 is 0 Å². The van der Waals surface area contributed by atoms with Crippen molar-refractivity contribution in [3.63, 3.8) is 0 Å². The topological polar surface area (TPSA) is 94.7 Å². The number of ether oxygens (including phenoxy) is 3. The Balaban J connectivity index is 2.10. The van der Waals surface area contributed by atoms with E-state index in [2.05, 4.69) is 11.6 Å². The van der Waals surface area contributed by atoms with Crippen LogP contribution in [-0.2, 0) is 35.0 Å². The molecular weight excluding hydrogens is 374 g/mol. The minimum absolute atomic E-state index is 0.119. The fourth-order valence-electron chi connectivity index (χ4n) is 2.66. The minimum Gasteiger partial charge on any atom is -0.461 e. The Labute approximate surface area is 170 Å². The number of aromatic nitrogens is 1.